The van der Waals surface area contributed by atoms with E-state index in [1.807, 2.05) is 13.8 Å². The van der Waals surface area contributed by atoms with E-state index in [9.17, 15) is 18.0 Å². The molecule has 3 aromatic rings. The van der Waals surface area contributed by atoms with E-state index in [2.05, 4.69) is 25.8 Å². The fourth-order valence-corrected chi connectivity index (χ4v) is 3.31. The number of pyridine rings is 1. The van der Waals surface area contributed by atoms with E-state index in [1.165, 1.54) is 29.1 Å². The Balaban J connectivity index is 1.76. The smallest absolute Gasteiger partial charge is 0.363 e. The van der Waals surface area contributed by atoms with Gasteiger partial charge in [-0.15, -0.1) is 10.2 Å². The van der Waals surface area contributed by atoms with Crippen molar-refractivity contribution in [2.24, 2.45) is 5.92 Å². The molecule has 0 aliphatic carbocycles. The topological polar surface area (TPSA) is 79.8 Å². The first-order chi connectivity index (χ1) is 14.2. The molecule has 6 nitrogen and oxygen atoms in total. The number of nitrogens with one attached hydrogen (secondary N) is 2. The molecule has 2 N–H and O–H groups in total. The zero-order chi connectivity index (χ0) is 21.7. The van der Waals surface area contributed by atoms with Crippen LogP contribution in [0.3, 0.4) is 0 Å². The van der Waals surface area contributed by atoms with Crippen LogP contribution in [0.25, 0.3) is 0 Å². The fraction of sp³-hybridized carbons (Fsp3) is 0.300. The molecule has 2 heterocycles. The Morgan fingerprint density at radius 2 is 2.00 bits per heavy atom. The van der Waals surface area contributed by atoms with Gasteiger partial charge in [0, 0.05) is 6.20 Å². The standard InChI is InChI=1S/C20H20F3N5OS/c1-12(2)8-16(13-4-3-5-15(9-13)20(21,22)23)26-17-7-6-14(10-24-17)18(29)27-19-28-25-11-30-19/h3-7,9-12,16H,8H2,1-2H3,(H,24,26)(H,27,28,29). The van der Waals surface area contributed by atoms with E-state index in [1.54, 1.807) is 18.2 Å². The highest BCUT2D eigenvalue weighted by Crippen LogP contribution is 2.33. The number of anilines is 2. The van der Waals surface area contributed by atoms with Crippen molar-refractivity contribution in [2.45, 2.75) is 32.5 Å². The van der Waals surface area contributed by atoms with Crippen molar-refractivity contribution >= 4 is 28.2 Å². The van der Waals surface area contributed by atoms with Crippen LogP contribution in [0.5, 0.6) is 0 Å². The number of aromatic nitrogens is 3. The van der Waals surface area contributed by atoms with Crippen molar-refractivity contribution in [1.29, 1.82) is 0 Å². The number of alkyl halides is 3. The van der Waals surface area contributed by atoms with Gasteiger partial charge in [-0.25, -0.2) is 4.98 Å². The van der Waals surface area contributed by atoms with Gasteiger partial charge in [0.25, 0.3) is 5.91 Å². The summed E-state index contributed by atoms with van der Waals surface area (Å²) in [5.74, 6) is 0.335. The summed E-state index contributed by atoms with van der Waals surface area (Å²) in [6.07, 6.45) is -2.39. The third-order valence-electron chi connectivity index (χ3n) is 4.25. The van der Waals surface area contributed by atoms with E-state index >= 15 is 0 Å². The molecule has 158 valence electrons. The number of carbonyl (C=O) groups excluding carboxylic acids is 1. The first kappa shape index (κ1) is 21.7. The summed E-state index contributed by atoms with van der Waals surface area (Å²) < 4.78 is 39.3. The minimum atomic E-state index is -4.40. The maximum Gasteiger partial charge on any atom is 0.416 e. The Morgan fingerprint density at radius 3 is 2.60 bits per heavy atom. The molecule has 1 aromatic carbocycles. The largest absolute Gasteiger partial charge is 0.416 e. The average molecular weight is 435 g/mol. The second-order valence-electron chi connectivity index (χ2n) is 7.08. The van der Waals surface area contributed by atoms with Crippen molar-refractivity contribution in [2.75, 3.05) is 10.6 Å². The number of benzene rings is 1. The number of hydrogen-bond acceptors (Lipinski definition) is 6. The van der Waals surface area contributed by atoms with Crippen molar-refractivity contribution in [3.8, 4) is 0 Å². The van der Waals surface area contributed by atoms with Gasteiger partial charge in [0.05, 0.1) is 17.2 Å². The Morgan fingerprint density at radius 1 is 1.20 bits per heavy atom. The molecule has 0 saturated carbocycles. The molecule has 0 aliphatic heterocycles. The van der Waals surface area contributed by atoms with E-state index in [0.29, 0.717) is 28.5 Å². The third-order valence-corrected chi connectivity index (χ3v) is 4.86. The molecule has 3 rings (SSSR count). The maximum absolute atomic E-state index is 13.1. The number of halogens is 3. The third kappa shape index (κ3) is 5.76. The molecule has 0 bridgehead atoms. The van der Waals surface area contributed by atoms with Gasteiger partial charge in [-0.2, -0.15) is 13.2 Å². The van der Waals surface area contributed by atoms with Crippen molar-refractivity contribution in [3.63, 3.8) is 0 Å². The molecule has 0 spiro atoms. The van der Waals surface area contributed by atoms with Gasteiger partial charge >= 0.3 is 6.18 Å². The molecule has 10 heteroatoms. The zero-order valence-corrected chi connectivity index (χ0v) is 17.1. The monoisotopic (exact) mass is 435 g/mol. The van der Waals surface area contributed by atoms with Gasteiger partial charge in [-0.05, 0) is 42.2 Å². The molecule has 0 aliphatic rings. The number of carbonyl (C=O) groups is 1. The minimum Gasteiger partial charge on any atom is -0.363 e. The lowest BCUT2D eigenvalue weighted by atomic mass is 9.95. The van der Waals surface area contributed by atoms with Crippen LogP contribution in [0, 0.1) is 5.92 Å². The zero-order valence-electron chi connectivity index (χ0n) is 16.3. The second kappa shape index (κ2) is 9.21. The van der Waals surface area contributed by atoms with Gasteiger partial charge in [0.15, 0.2) is 0 Å². The number of rotatable bonds is 7. The molecule has 1 atom stereocenters. The summed E-state index contributed by atoms with van der Waals surface area (Å²) >= 11 is 1.20. The molecule has 0 fully saturated rings. The van der Waals surface area contributed by atoms with Crippen LogP contribution in [0.2, 0.25) is 0 Å². The second-order valence-corrected chi connectivity index (χ2v) is 7.91. The molecule has 1 amide bonds. The van der Waals surface area contributed by atoms with Gasteiger partial charge in [-0.1, -0.05) is 37.3 Å². The van der Waals surface area contributed by atoms with Crippen LogP contribution in [0.15, 0.2) is 48.1 Å². The van der Waals surface area contributed by atoms with Gasteiger partial charge in [0.1, 0.15) is 11.3 Å². The highest BCUT2D eigenvalue weighted by Gasteiger charge is 2.31. The summed E-state index contributed by atoms with van der Waals surface area (Å²) in [6.45, 7) is 3.99. The SMILES string of the molecule is CC(C)CC(Nc1ccc(C(=O)Nc2nncs2)cn1)c1cccc(C(F)(F)F)c1. The quantitative estimate of drug-likeness (QED) is 0.519. The Kier molecular flexibility index (Phi) is 6.66. The molecular weight excluding hydrogens is 415 g/mol. The number of nitrogens with zero attached hydrogens (tertiary/aromatic N) is 3. The van der Waals surface area contributed by atoms with E-state index < -0.39 is 11.7 Å². The van der Waals surface area contributed by atoms with Crippen LogP contribution >= 0.6 is 11.3 Å². The average Bonchev–Trinajstić information content (AvgIpc) is 3.20. The Bertz CT molecular complexity index is 975. The normalized spacial score (nSPS) is 12.6. The van der Waals surface area contributed by atoms with Crippen LogP contribution in [0.1, 0.15) is 47.8 Å². The molecule has 2 aromatic heterocycles. The molecule has 1 unspecified atom stereocenters. The van der Waals surface area contributed by atoms with E-state index in [4.69, 9.17) is 0 Å². The Labute approximate surface area is 175 Å². The van der Waals surface area contributed by atoms with Crippen LogP contribution in [0.4, 0.5) is 24.1 Å². The van der Waals surface area contributed by atoms with Crippen LogP contribution in [-0.2, 0) is 6.18 Å². The summed E-state index contributed by atoms with van der Waals surface area (Å²) in [6, 6.07) is 8.13. The first-order valence-corrected chi connectivity index (χ1v) is 10.1. The Hall–Kier alpha value is -3.01. The number of hydrogen-bond donors (Lipinski definition) is 2. The van der Waals surface area contributed by atoms with E-state index in [-0.39, 0.29) is 17.9 Å². The van der Waals surface area contributed by atoms with Crippen molar-refractivity contribution in [3.05, 3.63) is 64.8 Å². The first-order valence-electron chi connectivity index (χ1n) is 9.19. The lowest BCUT2D eigenvalue weighted by Crippen LogP contribution is -2.16. The maximum atomic E-state index is 13.1. The van der Waals surface area contributed by atoms with Crippen LogP contribution < -0.4 is 10.6 Å². The van der Waals surface area contributed by atoms with Crippen LogP contribution in [-0.4, -0.2) is 21.1 Å². The summed E-state index contributed by atoms with van der Waals surface area (Å²) in [5.41, 5.74) is 1.67. The van der Waals surface area contributed by atoms with Crippen molar-refractivity contribution < 1.29 is 18.0 Å². The summed E-state index contributed by atoms with van der Waals surface area (Å²) in [4.78, 5) is 16.5. The predicted octanol–water partition coefficient (Wildman–Crippen LogP) is 5.40. The summed E-state index contributed by atoms with van der Waals surface area (Å²) in [5, 5.41) is 13.6. The fourth-order valence-electron chi connectivity index (χ4n) is 2.87. The van der Waals surface area contributed by atoms with E-state index in [0.717, 1.165) is 12.1 Å². The van der Waals surface area contributed by atoms with Gasteiger partial charge < -0.3 is 5.32 Å². The molecule has 0 radical (unpaired) electrons. The van der Waals surface area contributed by atoms with Crippen molar-refractivity contribution in [1.82, 2.24) is 15.2 Å². The minimum absolute atomic E-state index is 0.244. The van der Waals surface area contributed by atoms with Gasteiger partial charge in [-0.3, -0.25) is 10.1 Å². The lowest BCUT2D eigenvalue weighted by Gasteiger charge is -2.22. The molecule has 0 saturated heterocycles. The highest BCUT2D eigenvalue weighted by atomic mass is 32.1. The lowest BCUT2D eigenvalue weighted by molar-refractivity contribution is -0.137. The van der Waals surface area contributed by atoms with Gasteiger partial charge in [0.2, 0.25) is 5.13 Å². The predicted molar refractivity (Wildman–Crippen MR) is 109 cm³/mol. The molecule has 30 heavy (non-hydrogen) atoms. The number of amides is 1. The summed E-state index contributed by atoms with van der Waals surface area (Å²) in [7, 11) is 0. The highest BCUT2D eigenvalue weighted by molar-refractivity contribution is 7.13. The molecular formula is C20H20F3N5OS.